The molecule has 0 aliphatic rings. The van der Waals surface area contributed by atoms with Gasteiger partial charge in [0.2, 0.25) is 0 Å². The van der Waals surface area contributed by atoms with E-state index in [1.807, 2.05) is 0 Å². The first kappa shape index (κ1) is 24.2. The van der Waals surface area contributed by atoms with E-state index < -0.39 is 40.6 Å². The van der Waals surface area contributed by atoms with Crippen molar-refractivity contribution in [3.63, 3.8) is 0 Å². The predicted molar refractivity (Wildman–Crippen MR) is 113 cm³/mol. The van der Waals surface area contributed by atoms with Crippen molar-refractivity contribution >= 4 is 17.6 Å². The highest BCUT2D eigenvalue weighted by molar-refractivity contribution is 6.31. The summed E-state index contributed by atoms with van der Waals surface area (Å²) in [7, 11) is 0. The van der Waals surface area contributed by atoms with E-state index in [-0.39, 0.29) is 21.7 Å². The quantitative estimate of drug-likeness (QED) is 0.424. The van der Waals surface area contributed by atoms with Gasteiger partial charge < -0.3 is 10.2 Å². The van der Waals surface area contributed by atoms with Crippen molar-refractivity contribution in [1.82, 2.24) is 0 Å². The van der Waals surface area contributed by atoms with Crippen molar-refractivity contribution in [2.24, 2.45) is 0 Å². The van der Waals surface area contributed by atoms with Crippen LogP contribution in [0.25, 0.3) is 11.1 Å². The number of rotatable bonds is 5. The van der Waals surface area contributed by atoms with E-state index in [2.05, 4.69) is 0 Å². The largest absolute Gasteiger partial charge is 0.478 e. The van der Waals surface area contributed by atoms with Gasteiger partial charge in [-0.05, 0) is 52.6 Å². The third-order valence-electron chi connectivity index (χ3n) is 5.49. The van der Waals surface area contributed by atoms with E-state index >= 15 is 0 Å². The van der Waals surface area contributed by atoms with Crippen molar-refractivity contribution in [2.75, 3.05) is 0 Å². The average molecular weight is 478 g/mol. The molecule has 33 heavy (non-hydrogen) atoms. The van der Waals surface area contributed by atoms with Crippen molar-refractivity contribution < 1.29 is 32.6 Å². The molecular weight excluding hydrogens is 462 g/mol. The van der Waals surface area contributed by atoms with E-state index in [0.717, 1.165) is 31.2 Å². The molecule has 0 aliphatic heterocycles. The fourth-order valence-corrected chi connectivity index (χ4v) is 3.98. The lowest BCUT2D eigenvalue weighted by Crippen LogP contribution is -2.46. The van der Waals surface area contributed by atoms with E-state index in [1.165, 1.54) is 36.4 Å². The van der Waals surface area contributed by atoms with E-state index in [0.29, 0.717) is 5.56 Å². The Labute approximate surface area is 191 Å². The van der Waals surface area contributed by atoms with Crippen LogP contribution in [0.2, 0.25) is 5.02 Å². The Balaban J connectivity index is 2.07. The van der Waals surface area contributed by atoms with Crippen LogP contribution in [0.3, 0.4) is 0 Å². The van der Waals surface area contributed by atoms with Crippen LogP contribution in [0, 0.1) is 17.1 Å². The fraction of sp³-hybridized carbons (Fsp3) is 0.167. The summed E-state index contributed by atoms with van der Waals surface area (Å²) < 4.78 is 56.4. The Morgan fingerprint density at radius 1 is 1.06 bits per heavy atom. The van der Waals surface area contributed by atoms with Crippen LogP contribution in [0.5, 0.6) is 0 Å². The van der Waals surface area contributed by atoms with Gasteiger partial charge in [-0.2, -0.15) is 18.4 Å². The number of benzene rings is 3. The minimum atomic E-state index is -5.10. The van der Waals surface area contributed by atoms with Crippen molar-refractivity contribution in [2.45, 2.75) is 24.6 Å². The molecule has 9 heteroatoms. The number of aromatic carboxylic acids is 1. The molecule has 3 aromatic rings. The van der Waals surface area contributed by atoms with Gasteiger partial charge in [0, 0.05) is 10.9 Å². The molecule has 0 spiro atoms. The Morgan fingerprint density at radius 2 is 1.70 bits per heavy atom. The summed E-state index contributed by atoms with van der Waals surface area (Å²) in [4.78, 5) is 11.0. The summed E-state index contributed by atoms with van der Waals surface area (Å²) in [6, 6.07) is 13.8. The van der Waals surface area contributed by atoms with Crippen LogP contribution < -0.4 is 0 Å². The average Bonchev–Trinajstić information content (AvgIpc) is 2.76. The van der Waals surface area contributed by atoms with Crippen molar-refractivity contribution in [3.8, 4) is 17.2 Å². The molecule has 0 amide bonds. The first-order chi connectivity index (χ1) is 15.4. The first-order valence-corrected chi connectivity index (χ1v) is 9.90. The number of halogens is 5. The number of nitriles is 1. The van der Waals surface area contributed by atoms with Gasteiger partial charge in [-0.15, -0.1) is 0 Å². The maximum atomic E-state index is 14.1. The fourth-order valence-electron chi connectivity index (χ4n) is 3.64. The maximum absolute atomic E-state index is 14.1. The zero-order valence-electron chi connectivity index (χ0n) is 17.0. The maximum Gasteiger partial charge on any atom is 0.422 e. The number of hydrogen-bond donors (Lipinski definition) is 2. The lowest BCUT2D eigenvalue weighted by atomic mass is 9.77. The summed E-state index contributed by atoms with van der Waals surface area (Å²) in [5.74, 6) is -3.98. The van der Waals surface area contributed by atoms with Gasteiger partial charge in [-0.25, -0.2) is 9.18 Å². The summed E-state index contributed by atoms with van der Waals surface area (Å²) in [5, 5.41) is 28.8. The molecule has 2 N–H and O–H groups in total. The molecule has 3 rings (SSSR count). The predicted octanol–water partition coefficient (Wildman–Crippen LogP) is 6.27. The molecule has 3 aromatic carbocycles. The Hall–Kier alpha value is -3.41. The minimum absolute atomic E-state index is 0.0229. The standard InChI is InChI=1S/C24H16ClF4NO3/c1-13(23(33,24(27,28)29)17-4-2-3-14(9-17)12-30)18-7-5-15(10-20(18)25)16-6-8-19(22(31)32)21(26)11-16/h2-11,13,33H,1H3,(H,31,32)/t13-,23-/m1/s1. The lowest BCUT2D eigenvalue weighted by molar-refractivity contribution is -0.274. The number of carbonyl (C=O) groups is 1. The van der Waals surface area contributed by atoms with Gasteiger partial charge >= 0.3 is 12.1 Å². The van der Waals surface area contributed by atoms with Gasteiger partial charge in [-0.1, -0.05) is 48.9 Å². The summed E-state index contributed by atoms with van der Waals surface area (Å²) in [6.45, 7) is 1.16. The molecule has 0 fully saturated rings. The molecular formula is C24H16ClF4NO3. The van der Waals surface area contributed by atoms with Gasteiger partial charge in [0.25, 0.3) is 0 Å². The summed E-state index contributed by atoms with van der Waals surface area (Å²) >= 11 is 6.28. The topological polar surface area (TPSA) is 81.3 Å². The number of carboxylic acids is 1. The molecule has 0 heterocycles. The van der Waals surface area contributed by atoms with Crippen LogP contribution in [0.15, 0.2) is 60.7 Å². The number of hydrogen-bond acceptors (Lipinski definition) is 3. The van der Waals surface area contributed by atoms with E-state index in [9.17, 15) is 27.5 Å². The smallest absolute Gasteiger partial charge is 0.422 e. The summed E-state index contributed by atoms with van der Waals surface area (Å²) in [6.07, 6.45) is -5.10. The second kappa shape index (κ2) is 8.85. The van der Waals surface area contributed by atoms with Crippen molar-refractivity contribution in [3.05, 3.63) is 93.8 Å². The SMILES string of the molecule is C[C@H](c1ccc(-c2ccc(C(=O)O)c(F)c2)cc1Cl)[C@@](O)(c1cccc(C#N)c1)C(F)(F)F. The molecule has 4 nitrogen and oxygen atoms in total. The molecule has 0 aliphatic carbocycles. The third-order valence-corrected chi connectivity index (χ3v) is 5.82. The van der Waals surface area contributed by atoms with Crippen molar-refractivity contribution in [1.29, 1.82) is 5.26 Å². The minimum Gasteiger partial charge on any atom is -0.478 e. The van der Waals surface area contributed by atoms with Gasteiger partial charge in [0.05, 0.1) is 17.2 Å². The van der Waals surface area contributed by atoms with Gasteiger partial charge in [0.15, 0.2) is 5.60 Å². The first-order valence-electron chi connectivity index (χ1n) is 9.52. The van der Waals surface area contributed by atoms with Gasteiger partial charge in [0.1, 0.15) is 5.82 Å². The molecule has 0 saturated heterocycles. The second-order valence-corrected chi connectivity index (χ2v) is 7.82. The zero-order valence-corrected chi connectivity index (χ0v) is 17.7. The summed E-state index contributed by atoms with van der Waals surface area (Å²) in [5.41, 5.74) is -3.83. The highest BCUT2D eigenvalue weighted by atomic mass is 35.5. The molecule has 0 aromatic heterocycles. The zero-order chi connectivity index (χ0) is 24.6. The highest BCUT2D eigenvalue weighted by Gasteiger charge is 2.59. The Morgan fingerprint density at radius 3 is 2.24 bits per heavy atom. The number of aliphatic hydroxyl groups is 1. The highest BCUT2D eigenvalue weighted by Crippen LogP contribution is 2.50. The van der Waals surface area contributed by atoms with Crippen LogP contribution >= 0.6 is 11.6 Å². The molecule has 0 bridgehead atoms. The van der Waals surface area contributed by atoms with Crippen LogP contribution in [0.4, 0.5) is 17.6 Å². The molecule has 0 radical (unpaired) electrons. The Bertz CT molecular complexity index is 1270. The molecule has 2 atom stereocenters. The number of nitrogens with zero attached hydrogens (tertiary/aromatic N) is 1. The third kappa shape index (κ3) is 4.42. The van der Waals surface area contributed by atoms with E-state index in [4.69, 9.17) is 22.0 Å². The Kier molecular flexibility index (Phi) is 6.50. The normalized spacial score (nSPS) is 14.2. The molecule has 0 unspecified atom stereocenters. The molecule has 0 saturated carbocycles. The number of carboxylic acid groups (broad SMARTS) is 1. The number of alkyl halides is 3. The van der Waals surface area contributed by atoms with Crippen LogP contribution in [-0.4, -0.2) is 22.4 Å². The second-order valence-electron chi connectivity index (χ2n) is 7.41. The van der Waals surface area contributed by atoms with Crippen LogP contribution in [-0.2, 0) is 5.60 Å². The van der Waals surface area contributed by atoms with Crippen LogP contribution in [0.1, 0.15) is 39.9 Å². The monoisotopic (exact) mass is 477 g/mol. The lowest BCUT2D eigenvalue weighted by Gasteiger charge is -2.37. The molecule has 170 valence electrons. The van der Waals surface area contributed by atoms with E-state index in [1.54, 1.807) is 6.07 Å². The van der Waals surface area contributed by atoms with Gasteiger partial charge in [-0.3, -0.25) is 0 Å².